The van der Waals surface area contributed by atoms with Gasteiger partial charge in [-0.05, 0) is 0 Å². The standard InChI is InChI=1S/C19H9AsBrFIN3/c20-18-17-13(11-3-6-15(22)14(21)7-11)8-16(26-19(17)25-9-24-18)10-1-4-12(23)5-2-10/h1-9H. The van der Waals surface area contributed by atoms with Crippen molar-refractivity contribution in [1.29, 1.82) is 0 Å². The predicted molar refractivity (Wildman–Crippen MR) is 114 cm³/mol. The van der Waals surface area contributed by atoms with E-state index in [1.807, 2.05) is 30.3 Å². The van der Waals surface area contributed by atoms with E-state index in [1.165, 1.54) is 12.4 Å². The third kappa shape index (κ3) is 3.42. The summed E-state index contributed by atoms with van der Waals surface area (Å²) in [6.07, 6.45) is 1.50. The van der Waals surface area contributed by atoms with E-state index in [2.05, 4.69) is 65.3 Å². The van der Waals surface area contributed by atoms with Crippen molar-refractivity contribution in [1.82, 2.24) is 15.0 Å². The van der Waals surface area contributed by atoms with Crippen LogP contribution in [0.1, 0.15) is 0 Å². The number of rotatable bonds is 2. The monoisotopic (exact) mass is 579 g/mol. The van der Waals surface area contributed by atoms with Gasteiger partial charge in [-0.25, -0.2) is 0 Å². The summed E-state index contributed by atoms with van der Waals surface area (Å²) in [5.74, 6) is -0.297. The summed E-state index contributed by atoms with van der Waals surface area (Å²) in [5.41, 5.74) is 4.22. The second kappa shape index (κ2) is 7.33. The van der Waals surface area contributed by atoms with Crippen molar-refractivity contribution in [3.8, 4) is 22.4 Å². The Morgan fingerprint density at radius 3 is 2.42 bits per heavy atom. The molecule has 0 unspecified atom stereocenters. The van der Waals surface area contributed by atoms with Gasteiger partial charge < -0.3 is 0 Å². The number of aromatic nitrogens is 3. The van der Waals surface area contributed by atoms with E-state index in [4.69, 9.17) is 4.98 Å². The Kier molecular flexibility index (Phi) is 5.08. The van der Waals surface area contributed by atoms with Gasteiger partial charge in [0, 0.05) is 0 Å². The molecular weight excluding hydrogens is 571 g/mol. The number of hydrogen-bond acceptors (Lipinski definition) is 3. The second-order valence-corrected chi connectivity index (χ2v) is 8.58. The molecule has 3 nitrogen and oxygen atoms in total. The summed E-state index contributed by atoms with van der Waals surface area (Å²) in [5, 5.41) is 0.847. The van der Waals surface area contributed by atoms with Crippen LogP contribution in [-0.2, 0) is 0 Å². The zero-order valence-electron chi connectivity index (χ0n) is 13.1. The van der Waals surface area contributed by atoms with Crippen LogP contribution in [0.3, 0.4) is 0 Å². The van der Waals surface area contributed by atoms with Gasteiger partial charge in [0.2, 0.25) is 0 Å². The van der Waals surface area contributed by atoms with E-state index in [0.717, 1.165) is 35.8 Å². The Bertz CT molecular complexity index is 1140. The molecule has 2 radical (unpaired) electrons. The number of benzene rings is 2. The zero-order chi connectivity index (χ0) is 18.3. The fourth-order valence-corrected chi connectivity index (χ4v) is 4.02. The van der Waals surface area contributed by atoms with Crippen LogP contribution in [0, 0.1) is 9.39 Å². The zero-order valence-corrected chi connectivity index (χ0v) is 18.7. The first kappa shape index (κ1) is 18.0. The third-order valence-electron chi connectivity index (χ3n) is 3.95. The molecule has 0 spiro atoms. The van der Waals surface area contributed by atoms with Crippen molar-refractivity contribution < 1.29 is 4.39 Å². The summed E-state index contributed by atoms with van der Waals surface area (Å²) >= 11 is 7.99. The van der Waals surface area contributed by atoms with E-state index in [-0.39, 0.29) is 5.82 Å². The molecule has 26 heavy (non-hydrogen) atoms. The maximum absolute atomic E-state index is 13.7. The number of halogens is 3. The normalized spacial score (nSPS) is 11.1. The van der Waals surface area contributed by atoms with Crippen molar-refractivity contribution in [3.05, 3.63) is 68.7 Å². The minimum absolute atomic E-state index is 0.297. The molecule has 0 saturated carbocycles. The number of pyridine rings is 1. The van der Waals surface area contributed by atoms with Crippen molar-refractivity contribution in [2.24, 2.45) is 0 Å². The van der Waals surface area contributed by atoms with Crippen LogP contribution >= 0.6 is 38.5 Å². The van der Waals surface area contributed by atoms with E-state index in [0.29, 0.717) is 10.1 Å². The van der Waals surface area contributed by atoms with Crippen molar-refractivity contribution in [2.75, 3.05) is 0 Å². The topological polar surface area (TPSA) is 38.7 Å². The molecule has 2 aromatic carbocycles. The van der Waals surface area contributed by atoms with Crippen molar-refractivity contribution in [3.63, 3.8) is 0 Å². The fourth-order valence-electron chi connectivity index (χ4n) is 2.71. The van der Waals surface area contributed by atoms with Gasteiger partial charge in [-0.1, -0.05) is 0 Å². The van der Waals surface area contributed by atoms with E-state index >= 15 is 0 Å². The molecule has 2 aromatic heterocycles. The van der Waals surface area contributed by atoms with E-state index in [9.17, 15) is 4.39 Å². The Labute approximate surface area is 180 Å². The first-order valence-electron chi connectivity index (χ1n) is 7.59. The molecule has 126 valence electrons. The number of fused-ring (bicyclic) bond motifs is 1. The van der Waals surface area contributed by atoms with Crippen molar-refractivity contribution in [2.45, 2.75) is 0 Å². The molecule has 0 aliphatic heterocycles. The Morgan fingerprint density at radius 1 is 0.962 bits per heavy atom. The Morgan fingerprint density at radius 2 is 1.69 bits per heavy atom. The first-order chi connectivity index (χ1) is 12.5. The number of hydrogen-bond donors (Lipinski definition) is 0. The molecule has 0 bridgehead atoms. The van der Waals surface area contributed by atoms with Gasteiger partial charge in [-0.3, -0.25) is 0 Å². The molecule has 4 aromatic rings. The molecule has 0 atom stereocenters. The fraction of sp³-hybridized carbons (Fsp3) is 0. The number of nitrogens with zero attached hydrogens (tertiary/aromatic N) is 3. The van der Waals surface area contributed by atoms with Gasteiger partial charge in [0.05, 0.1) is 0 Å². The van der Waals surface area contributed by atoms with Crippen LogP contribution in [0.2, 0.25) is 0 Å². The van der Waals surface area contributed by atoms with E-state index < -0.39 is 0 Å². The van der Waals surface area contributed by atoms with Crippen LogP contribution < -0.4 is 4.48 Å². The van der Waals surface area contributed by atoms with Gasteiger partial charge in [0.15, 0.2) is 0 Å². The predicted octanol–water partition coefficient (Wildman–Crippen LogP) is 4.66. The summed E-state index contributed by atoms with van der Waals surface area (Å²) in [6, 6.07) is 15.1. The van der Waals surface area contributed by atoms with Gasteiger partial charge in [-0.2, -0.15) is 0 Å². The molecule has 0 fully saturated rings. The minimum atomic E-state index is -0.297. The van der Waals surface area contributed by atoms with Gasteiger partial charge in [-0.15, -0.1) is 0 Å². The van der Waals surface area contributed by atoms with Gasteiger partial charge >= 0.3 is 181 Å². The Balaban J connectivity index is 2.02. The molecule has 0 aliphatic carbocycles. The second-order valence-electron chi connectivity index (χ2n) is 5.59. The molecule has 0 aliphatic rings. The van der Waals surface area contributed by atoms with Crippen molar-refractivity contribution >= 4 is 70.9 Å². The molecule has 7 heteroatoms. The molecule has 2 heterocycles. The summed E-state index contributed by atoms with van der Waals surface area (Å²) in [6.45, 7) is 0. The molecule has 0 amide bonds. The van der Waals surface area contributed by atoms with Crippen LogP contribution in [0.4, 0.5) is 4.39 Å². The van der Waals surface area contributed by atoms with Gasteiger partial charge in [0.1, 0.15) is 0 Å². The van der Waals surface area contributed by atoms with Crippen LogP contribution in [0.15, 0.2) is 59.3 Å². The molecular formula is C19H9AsBrFIN3. The molecule has 0 N–H and O–H groups in total. The van der Waals surface area contributed by atoms with Gasteiger partial charge in [0.25, 0.3) is 0 Å². The maximum atomic E-state index is 13.7. The molecule has 4 rings (SSSR count). The average Bonchev–Trinajstić information content (AvgIpc) is 2.64. The summed E-state index contributed by atoms with van der Waals surface area (Å²) < 4.78 is 16.1. The first-order valence-corrected chi connectivity index (χ1v) is 10.4. The van der Waals surface area contributed by atoms with E-state index in [1.54, 1.807) is 12.1 Å². The van der Waals surface area contributed by atoms with Crippen LogP contribution in [0.25, 0.3) is 33.4 Å². The summed E-state index contributed by atoms with van der Waals surface area (Å²) in [4.78, 5) is 13.3. The quantitative estimate of drug-likeness (QED) is 0.256. The third-order valence-corrected chi connectivity index (χ3v) is 5.99. The van der Waals surface area contributed by atoms with Crippen LogP contribution in [-0.4, -0.2) is 31.8 Å². The summed E-state index contributed by atoms with van der Waals surface area (Å²) in [7, 11) is 0. The SMILES string of the molecule is Fc1ccc(-c2cc(-c3ccc(I)cc3)nc3ncnc([As])c23)cc1Br. The average molecular weight is 580 g/mol. The van der Waals surface area contributed by atoms with Crippen LogP contribution in [0.5, 0.6) is 0 Å². The Hall–Kier alpha value is -1.37. The molecule has 0 saturated heterocycles.